The minimum Gasteiger partial charge on any atom is -0.543 e. The molecule has 1 aromatic heterocycles. The van der Waals surface area contributed by atoms with Gasteiger partial charge in [-0.15, -0.1) is 23.1 Å². The number of hydrogen-bond donors (Lipinski definition) is 3. The Morgan fingerprint density at radius 3 is 2.76 bits per heavy atom. The van der Waals surface area contributed by atoms with Gasteiger partial charge in [0, 0.05) is 18.2 Å². The van der Waals surface area contributed by atoms with Crippen molar-refractivity contribution in [1.82, 2.24) is 20.5 Å². The van der Waals surface area contributed by atoms with E-state index in [0.29, 0.717) is 5.57 Å². The van der Waals surface area contributed by atoms with Gasteiger partial charge in [0.25, 0.3) is 11.8 Å². The third-order valence-electron chi connectivity index (χ3n) is 4.47. The summed E-state index contributed by atoms with van der Waals surface area (Å²) in [6, 6.07) is -0.989. The number of aromatic nitrogens is 1. The molecular formula is C18H19N6NaO7S2. The molecule has 0 bridgehead atoms. The number of carboxylic acids is 1. The number of ether oxygens (including phenoxy) is 1. The van der Waals surface area contributed by atoms with Crippen LogP contribution in [0.1, 0.15) is 5.69 Å². The average molecular weight is 519 g/mol. The Morgan fingerprint density at radius 2 is 2.18 bits per heavy atom. The molecule has 1 unspecified atom stereocenters. The molecule has 1 saturated heterocycles. The number of hydrogen-bond acceptors (Lipinski definition) is 12. The minimum absolute atomic E-state index is 0. The maximum absolute atomic E-state index is 12.7. The average Bonchev–Trinajstić information content (AvgIpc) is 3.23. The molecule has 3 heterocycles. The van der Waals surface area contributed by atoms with Crippen molar-refractivity contribution in [2.45, 2.75) is 11.4 Å². The maximum Gasteiger partial charge on any atom is 1.00 e. The number of nitrogens with one attached hydrogen (secondary N) is 2. The van der Waals surface area contributed by atoms with Crippen LogP contribution in [0.2, 0.25) is 0 Å². The number of anilines is 1. The zero-order valence-corrected chi connectivity index (χ0v) is 22.0. The third-order valence-corrected chi connectivity index (χ3v) is 6.45. The van der Waals surface area contributed by atoms with Crippen molar-refractivity contribution in [3.05, 3.63) is 34.5 Å². The maximum atomic E-state index is 12.7. The monoisotopic (exact) mass is 518 g/mol. The summed E-state index contributed by atoms with van der Waals surface area (Å²) in [5, 5.41) is 21.3. The fraction of sp³-hybridized carbons (Fsp3) is 0.333. The van der Waals surface area contributed by atoms with Gasteiger partial charge in [0.15, 0.2) is 10.8 Å². The molecule has 2 atom stereocenters. The van der Waals surface area contributed by atoms with E-state index in [9.17, 15) is 24.3 Å². The second-order valence-electron chi connectivity index (χ2n) is 6.47. The van der Waals surface area contributed by atoms with Crippen LogP contribution in [0.25, 0.3) is 0 Å². The zero-order valence-electron chi connectivity index (χ0n) is 18.4. The molecule has 2 aliphatic heterocycles. The smallest absolute Gasteiger partial charge is 0.543 e. The van der Waals surface area contributed by atoms with E-state index in [2.05, 4.69) is 20.8 Å². The first-order valence-electron chi connectivity index (χ1n) is 9.32. The molecule has 34 heavy (non-hydrogen) atoms. The molecule has 3 amide bonds. The quantitative estimate of drug-likeness (QED) is 0.131. The van der Waals surface area contributed by atoms with Crippen molar-refractivity contribution < 1.29 is 63.4 Å². The number of carboxylic acid groups (broad SMARTS) is 1. The van der Waals surface area contributed by atoms with Crippen LogP contribution in [-0.4, -0.2) is 77.4 Å². The number of fused-ring (bicyclic) bond motifs is 1. The molecule has 0 saturated carbocycles. The van der Waals surface area contributed by atoms with Crippen molar-refractivity contribution >= 4 is 57.8 Å². The summed E-state index contributed by atoms with van der Waals surface area (Å²) in [5.74, 6) is -2.66. The van der Waals surface area contributed by atoms with E-state index in [1.54, 1.807) is 0 Å². The first-order chi connectivity index (χ1) is 15.8. The molecule has 3 rings (SSSR count). The fourth-order valence-corrected chi connectivity index (χ4v) is 4.91. The predicted molar refractivity (Wildman–Crippen MR) is 117 cm³/mol. The van der Waals surface area contributed by atoms with Gasteiger partial charge < -0.3 is 35.8 Å². The first-order valence-corrected chi connectivity index (χ1v) is 11.2. The van der Waals surface area contributed by atoms with Gasteiger partial charge in [-0.3, -0.25) is 14.5 Å². The fourth-order valence-electron chi connectivity index (χ4n) is 3.05. The number of nitrogens with zero attached hydrogens (tertiary/aromatic N) is 3. The Morgan fingerprint density at radius 1 is 1.44 bits per heavy atom. The number of β-lactam (4-membered cyclic amide) rings is 1. The van der Waals surface area contributed by atoms with Gasteiger partial charge in [0.2, 0.25) is 0 Å². The van der Waals surface area contributed by atoms with Crippen LogP contribution in [0, 0.1) is 0 Å². The molecule has 0 spiro atoms. The van der Waals surface area contributed by atoms with Crippen LogP contribution in [0.4, 0.5) is 9.93 Å². The summed E-state index contributed by atoms with van der Waals surface area (Å²) in [6.07, 6.45) is 2.26. The molecule has 16 heteroatoms. The van der Waals surface area contributed by atoms with Crippen LogP contribution in [0.15, 0.2) is 34.0 Å². The number of nitrogen functional groups attached to an aromatic ring is 1. The second-order valence-corrected chi connectivity index (χ2v) is 8.46. The molecule has 0 radical (unpaired) electrons. The van der Waals surface area contributed by atoms with Gasteiger partial charge in [-0.1, -0.05) is 11.2 Å². The van der Waals surface area contributed by atoms with Gasteiger partial charge in [0.05, 0.1) is 11.7 Å². The van der Waals surface area contributed by atoms with Gasteiger partial charge in [-0.05, 0) is 11.6 Å². The van der Waals surface area contributed by atoms with E-state index in [-0.39, 0.29) is 64.2 Å². The molecule has 2 aliphatic rings. The Kier molecular flexibility index (Phi) is 9.93. The van der Waals surface area contributed by atoms with Crippen LogP contribution in [-0.2, 0) is 24.0 Å². The zero-order chi connectivity index (χ0) is 24.1. The normalized spacial score (nSPS) is 19.6. The summed E-state index contributed by atoms with van der Waals surface area (Å²) in [6.45, 7) is -0.0903. The Bertz CT molecular complexity index is 1070. The summed E-state index contributed by atoms with van der Waals surface area (Å²) in [4.78, 5) is 58.0. The number of carbonyl (C=O) groups excluding carboxylic acids is 4. The van der Waals surface area contributed by atoms with E-state index >= 15 is 0 Å². The summed E-state index contributed by atoms with van der Waals surface area (Å²) >= 11 is 2.36. The Hall–Kier alpha value is -2.59. The van der Waals surface area contributed by atoms with E-state index < -0.39 is 35.3 Å². The van der Waals surface area contributed by atoms with Crippen LogP contribution in [0.3, 0.4) is 0 Å². The van der Waals surface area contributed by atoms with Gasteiger partial charge in [-0.25, -0.2) is 9.78 Å². The summed E-state index contributed by atoms with van der Waals surface area (Å²) < 4.78 is 4.81. The molecule has 1 aromatic rings. The topological polar surface area (TPSA) is 188 Å². The van der Waals surface area contributed by atoms with E-state index in [4.69, 9.17) is 15.3 Å². The standard InChI is InChI=1S/C18H20N6O7S2.Na/c1-20-18(29)31-5-3-4-8-6-32-15-11(14(26)24(15)12(8)16(27)28)22-13(25)10(23-30-2)9-7-33-17(19)21-9;/h3-4,7,11,15H,5-6H2,1-2H3,(H2,19,21)(H,20,29)(H,22,25)(H,27,28);/q;+1/p-1/b4-3-,23-10-;/t11?,15-;/m1./s1. The number of amides is 3. The number of allylic oxidation sites excluding steroid dienone is 1. The number of nitrogens with two attached hydrogens (primary N) is 1. The number of oxime groups is 1. The number of thioether (sulfide) groups is 1. The number of carbonyl (C=O) groups is 4. The minimum atomic E-state index is -1.54. The number of aliphatic carboxylic acids is 1. The largest absolute Gasteiger partial charge is 1.00 e. The molecule has 4 N–H and O–H groups in total. The number of thiazole rings is 1. The number of alkyl carbamates (subject to hydrolysis) is 1. The summed E-state index contributed by atoms with van der Waals surface area (Å²) in [5.41, 5.74) is 5.62. The van der Waals surface area contributed by atoms with Gasteiger partial charge in [-0.2, -0.15) is 0 Å². The molecular weight excluding hydrogens is 499 g/mol. The van der Waals surface area contributed by atoms with Crippen LogP contribution in [0.5, 0.6) is 0 Å². The van der Waals surface area contributed by atoms with Crippen LogP contribution >= 0.6 is 23.1 Å². The SMILES string of the molecule is CNC(=O)OC/C=C\C1=C(C(=O)[O-])N2C(=O)C(NC(=O)/C(=N\OC)c3csc(N)n3)[C@H]2SC1.[Na+]. The Labute approximate surface area is 224 Å². The number of rotatable bonds is 8. The molecule has 0 aromatic carbocycles. The van der Waals surface area contributed by atoms with Crippen molar-refractivity contribution in [1.29, 1.82) is 0 Å². The molecule has 13 nitrogen and oxygen atoms in total. The van der Waals surface area contributed by atoms with E-state index in [0.717, 1.165) is 16.2 Å². The van der Waals surface area contributed by atoms with Gasteiger partial charge >= 0.3 is 35.7 Å². The second kappa shape index (κ2) is 12.2. The molecule has 176 valence electrons. The van der Waals surface area contributed by atoms with Crippen molar-refractivity contribution in [2.24, 2.45) is 5.16 Å². The van der Waals surface area contributed by atoms with Crippen molar-refractivity contribution in [2.75, 3.05) is 32.3 Å². The predicted octanol–water partition coefficient (Wildman–Crippen LogP) is -4.60. The van der Waals surface area contributed by atoms with Crippen molar-refractivity contribution in [3.63, 3.8) is 0 Å². The molecule has 1 fully saturated rings. The van der Waals surface area contributed by atoms with E-state index in [1.165, 1.54) is 43.5 Å². The van der Waals surface area contributed by atoms with Crippen molar-refractivity contribution in [3.8, 4) is 0 Å². The molecule has 0 aliphatic carbocycles. The first kappa shape index (κ1) is 27.7. The van der Waals surface area contributed by atoms with Gasteiger partial charge in [0.1, 0.15) is 30.8 Å². The Balaban J connectivity index is 0.00000408. The van der Waals surface area contributed by atoms with E-state index in [1.807, 2.05) is 0 Å². The van der Waals surface area contributed by atoms with Crippen LogP contribution < -0.4 is 51.0 Å². The third kappa shape index (κ3) is 5.90. The summed E-state index contributed by atoms with van der Waals surface area (Å²) in [7, 11) is 2.66.